The molecule has 2 heteroatoms. The van der Waals surface area contributed by atoms with E-state index in [2.05, 4.69) is 17.7 Å². The van der Waals surface area contributed by atoms with Gasteiger partial charge in [0.15, 0.2) is 0 Å². The van der Waals surface area contributed by atoms with Crippen LogP contribution in [-0.4, -0.2) is 26.2 Å². The summed E-state index contributed by atoms with van der Waals surface area (Å²) < 4.78 is 0. The van der Waals surface area contributed by atoms with Gasteiger partial charge in [-0.05, 0) is 38.3 Å². The summed E-state index contributed by atoms with van der Waals surface area (Å²) in [5.74, 6) is 0. The molecule has 1 spiro atoms. The first kappa shape index (κ1) is 6.62. The molecule has 1 saturated heterocycles. The Labute approximate surface area is 62.4 Å². The van der Waals surface area contributed by atoms with Gasteiger partial charge in [0.1, 0.15) is 0 Å². The number of rotatable bonds is 1. The second-order valence-corrected chi connectivity index (χ2v) is 3.82. The molecule has 2 fully saturated rings. The predicted octanol–water partition coefficient (Wildman–Crippen LogP) is 0.348. The maximum atomic E-state index is 3.43. The van der Waals surface area contributed by atoms with Crippen LogP contribution in [0, 0.1) is 5.41 Å². The molecule has 1 heterocycles. The van der Waals surface area contributed by atoms with Crippen molar-refractivity contribution in [2.45, 2.75) is 25.3 Å². The molecule has 2 nitrogen and oxygen atoms in total. The van der Waals surface area contributed by atoms with Gasteiger partial charge in [-0.3, -0.25) is 0 Å². The van der Waals surface area contributed by atoms with Crippen LogP contribution in [0.2, 0.25) is 0 Å². The van der Waals surface area contributed by atoms with Crippen molar-refractivity contribution >= 4 is 0 Å². The second kappa shape index (κ2) is 2.21. The van der Waals surface area contributed by atoms with Crippen LogP contribution in [-0.2, 0) is 0 Å². The summed E-state index contributed by atoms with van der Waals surface area (Å²) in [5.41, 5.74) is 0.716. The standard InChI is InChI=1S/C8H16N2/c1-9-7-4-8(5-7)2-3-10-6-8/h7,9-10H,2-6H2,1H3. The van der Waals surface area contributed by atoms with Gasteiger partial charge >= 0.3 is 0 Å². The quantitative estimate of drug-likeness (QED) is 0.549. The molecule has 0 radical (unpaired) electrons. The van der Waals surface area contributed by atoms with Crippen LogP contribution < -0.4 is 10.6 Å². The molecule has 58 valence electrons. The molecule has 2 rings (SSSR count). The van der Waals surface area contributed by atoms with Crippen molar-refractivity contribution in [3.05, 3.63) is 0 Å². The highest BCUT2D eigenvalue weighted by Gasteiger charge is 2.44. The van der Waals surface area contributed by atoms with E-state index in [4.69, 9.17) is 0 Å². The van der Waals surface area contributed by atoms with Crippen LogP contribution in [0.3, 0.4) is 0 Å². The van der Waals surface area contributed by atoms with E-state index in [0.717, 1.165) is 6.04 Å². The fraction of sp³-hybridized carbons (Fsp3) is 1.00. The minimum Gasteiger partial charge on any atom is -0.317 e. The van der Waals surface area contributed by atoms with Crippen molar-refractivity contribution in [1.82, 2.24) is 10.6 Å². The molecule has 2 N–H and O–H groups in total. The van der Waals surface area contributed by atoms with Gasteiger partial charge in [0.2, 0.25) is 0 Å². The molecule has 0 amide bonds. The van der Waals surface area contributed by atoms with Crippen LogP contribution in [0.5, 0.6) is 0 Å². The van der Waals surface area contributed by atoms with Gasteiger partial charge in [0.05, 0.1) is 0 Å². The lowest BCUT2D eigenvalue weighted by Crippen LogP contribution is -2.48. The molecule has 0 aromatic rings. The fourth-order valence-electron chi connectivity index (χ4n) is 2.33. The molecule has 0 aromatic heterocycles. The molecule has 1 aliphatic carbocycles. The molecular formula is C8H16N2. The van der Waals surface area contributed by atoms with E-state index in [1.165, 1.54) is 32.4 Å². The average molecular weight is 140 g/mol. The lowest BCUT2D eigenvalue weighted by molar-refractivity contribution is 0.111. The monoisotopic (exact) mass is 140 g/mol. The van der Waals surface area contributed by atoms with E-state index in [-0.39, 0.29) is 0 Å². The zero-order chi connectivity index (χ0) is 7.03. The average Bonchev–Trinajstić information content (AvgIpc) is 2.30. The largest absolute Gasteiger partial charge is 0.317 e. The minimum atomic E-state index is 0.716. The van der Waals surface area contributed by atoms with Crippen molar-refractivity contribution in [3.8, 4) is 0 Å². The highest BCUT2D eigenvalue weighted by Crippen LogP contribution is 2.45. The smallest absolute Gasteiger partial charge is 0.00756 e. The van der Waals surface area contributed by atoms with Gasteiger partial charge in [-0.25, -0.2) is 0 Å². The molecule has 0 aromatic carbocycles. The first-order valence-electron chi connectivity index (χ1n) is 4.23. The maximum Gasteiger partial charge on any atom is 0.00756 e. The highest BCUT2D eigenvalue weighted by molar-refractivity contribution is 5.01. The summed E-state index contributed by atoms with van der Waals surface area (Å²) in [4.78, 5) is 0. The van der Waals surface area contributed by atoms with E-state index in [0.29, 0.717) is 5.41 Å². The molecule has 0 bridgehead atoms. The molecule has 1 aliphatic heterocycles. The van der Waals surface area contributed by atoms with Crippen LogP contribution in [0.25, 0.3) is 0 Å². The Morgan fingerprint density at radius 3 is 2.80 bits per heavy atom. The molecular weight excluding hydrogens is 124 g/mol. The van der Waals surface area contributed by atoms with Crippen LogP contribution >= 0.6 is 0 Å². The zero-order valence-electron chi connectivity index (χ0n) is 6.61. The SMILES string of the molecule is CNC1CC2(CCNC2)C1. The molecule has 10 heavy (non-hydrogen) atoms. The topological polar surface area (TPSA) is 24.1 Å². The molecule has 0 unspecified atom stereocenters. The minimum absolute atomic E-state index is 0.716. The Morgan fingerprint density at radius 1 is 1.50 bits per heavy atom. The normalized spacial score (nSPS) is 45.9. The fourth-order valence-corrected chi connectivity index (χ4v) is 2.33. The predicted molar refractivity (Wildman–Crippen MR) is 42.0 cm³/mol. The van der Waals surface area contributed by atoms with E-state index < -0.39 is 0 Å². The zero-order valence-corrected chi connectivity index (χ0v) is 6.61. The summed E-state index contributed by atoms with van der Waals surface area (Å²) in [7, 11) is 2.07. The van der Waals surface area contributed by atoms with Crippen LogP contribution in [0.4, 0.5) is 0 Å². The maximum absolute atomic E-state index is 3.43. The van der Waals surface area contributed by atoms with Crippen LogP contribution in [0.1, 0.15) is 19.3 Å². The second-order valence-electron chi connectivity index (χ2n) is 3.82. The van der Waals surface area contributed by atoms with Crippen molar-refractivity contribution in [1.29, 1.82) is 0 Å². The Kier molecular flexibility index (Phi) is 1.46. The van der Waals surface area contributed by atoms with Gasteiger partial charge in [0, 0.05) is 12.6 Å². The van der Waals surface area contributed by atoms with Gasteiger partial charge in [0.25, 0.3) is 0 Å². The van der Waals surface area contributed by atoms with E-state index in [1.54, 1.807) is 0 Å². The summed E-state index contributed by atoms with van der Waals surface area (Å²) >= 11 is 0. The van der Waals surface area contributed by atoms with E-state index >= 15 is 0 Å². The van der Waals surface area contributed by atoms with E-state index in [9.17, 15) is 0 Å². The summed E-state index contributed by atoms with van der Waals surface area (Å²) in [6.07, 6.45) is 4.21. The summed E-state index contributed by atoms with van der Waals surface area (Å²) in [6.45, 7) is 2.52. The molecule has 0 atom stereocenters. The van der Waals surface area contributed by atoms with Gasteiger partial charge in [-0.2, -0.15) is 0 Å². The van der Waals surface area contributed by atoms with Gasteiger partial charge in [-0.1, -0.05) is 0 Å². The first-order chi connectivity index (χ1) is 4.85. The van der Waals surface area contributed by atoms with Crippen molar-refractivity contribution in [2.24, 2.45) is 5.41 Å². The first-order valence-corrected chi connectivity index (χ1v) is 4.23. The Morgan fingerprint density at radius 2 is 2.30 bits per heavy atom. The number of nitrogens with one attached hydrogen (secondary N) is 2. The van der Waals surface area contributed by atoms with Crippen molar-refractivity contribution in [3.63, 3.8) is 0 Å². The van der Waals surface area contributed by atoms with Crippen LogP contribution in [0.15, 0.2) is 0 Å². The molecule has 1 saturated carbocycles. The highest BCUT2D eigenvalue weighted by atomic mass is 15.0. The Balaban J connectivity index is 1.86. The third-order valence-corrected chi connectivity index (χ3v) is 3.10. The van der Waals surface area contributed by atoms with E-state index in [1.807, 2.05) is 0 Å². The third-order valence-electron chi connectivity index (χ3n) is 3.10. The van der Waals surface area contributed by atoms with Gasteiger partial charge < -0.3 is 10.6 Å². The third kappa shape index (κ3) is 0.867. The lowest BCUT2D eigenvalue weighted by atomic mass is 9.65. The van der Waals surface area contributed by atoms with Gasteiger partial charge in [-0.15, -0.1) is 0 Å². The summed E-state index contributed by atoms with van der Waals surface area (Å²) in [6, 6.07) is 0.819. The lowest BCUT2D eigenvalue weighted by Gasteiger charge is -2.44. The Hall–Kier alpha value is -0.0800. The summed E-state index contributed by atoms with van der Waals surface area (Å²) in [5, 5.41) is 6.76. The number of hydrogen-bond donors (Lipinski definition) is 2. The molecule has 2 aliphatic rings. The number of hydrogen-bond acceptors (Lipinski definition) is 2. The Bertz CT molecular complexity index is 119. The van der Waals surface area contributed by atoms with Crippen molar-refractivity contribution < 1.29 is 0 Å². The van der Waals surface area contributed by atoms with Crippen molar-refractivity contribution in [2.75, 3.05) is 20.1 Å².